The molecule has 1 aliphatic carbocycles. The lowest BCUT2D eigenvalue weighted by molar-refractivity contribution is -0.194. The van der Waals surface area contributed by atoms with Crippen molar-refractivity contribution in [3.8, 4) is 0 Å². The van der Waals surface area contributed by atoms with Gasteiger partial charge in [0, 0.05) is 17.0 Å². The van der Waals surface area contributed by atoms with Gasteiger partial charge in [-0.1, -0.05) is 23.7 Å². The van der Waals surface area contributed by atoms with Crippen LogP contribution in [0.2, 0.25) is 5.02 Å². The van der Waals surface area contributed by atoms with Crippen molar-refractivity contribution in [2.24, 2.45) is 5.92 Å². The fraction of sp³-hybridized carbons (Fsp3) is 0.556. The molecule has 1 saturated heterocycles. The monoisotopic (exact) mass is 350 g/mol. The van der Waals surface area contributed by atoms with Gasteiger partial charge in [0.05, 0.1) is 12.0 Å². The third kappa shape index (κ3) is 2.70. The fourth-order valence-electron chi connectivity index (χ4n) is 4.08. The molecule has 0 bridgehead atoms. The number of amides is 2. The summed E-state index contributed by atoms with van der Waals surface area (Å²) in [5, 5.41) is 14.9. The number of fused-ring (bicyclic) bond motifs is 1. The number of nitrogens with zero attached hydrogens (tertiary/aromatic N) is 1. The number of halogens is 1. The first-order valence-electron chi connectivity index (χ1n) is 8.26. The van der Waals surface area contributed by atoms with Gasteiger partial charge >= 0.3 is 6.03 Å². The van der Waals surface area contributed by atoms with Crippen LogP contribution < -0.4 is 5.32 Å². The number of aliphatic hydroxyl groups is 1. The van der Waals surface area contributed by atoms with Gasteiger partial charge in [0.15, 0.2) is 5.72 Å². The van der Waals surface area contributed by atoms with Crippen LogP contribution in [0, 0.1) is 5.92 Å². The van der Waals surface area contributed by atoms with Crippen LogP contribution in [-0.2, 0) is 4.79 Å². The zero-order valence-electron chi connectivity index (χ0n) is 14.2. The van der Waals surface area contributed by atoms with Crippen molar-refractivity contribution in [3.63, 3.8) is 0 Å². The molecule has 2 N–H and O–H groups in total. The number of urea groups is 1. The Morgan fingerprint density at radius 3 is 2.46 bits per heavy atom. The van der Waals surface area contributed by atoms with E-state index in [1.165, 1.54) is 4.90 Å². The highest BCUT2D eigenvalue weighted by Gasteiger charge is 2.59. The Morgan fingerprint density at radius 2 is 1.88 bits per heavy atom. The number of benzene rings is 1. The van der Waals surface area contributed by atoms with Crippen molar-refractivity contribution >= 4 is 23.4 Å². The van der Waals surface area contributed by atoms with E-state index < -0.39 is 23.2 Å². The van der Waals surface area contributed by atoms with Crippen LogP contribution in [0.1, 0.15) is 51.6 Å². The number of rotatable bonds is 1. The number of Topliss-reactive ketones (excluding diaryl/α,β-unsaturated/α-hetero) is 1. The molecule has 0 radical (unpaired) electrons. The highest BCUT2D eigenvalue weighted by Crippen LogP contribution is 2.47. The van der Waals surface area contributed by atoms with E-state index >= 15 is 0 Å². The molecule has 1 aromatic rings. The molecule has 0 aromatic heterocycles. The van der Waals surface area contributed by atoms with E-state index in [-0.39, 0.29) is 11.8 Å². The van der Waals surface area contributed by atoms with Crippen LogP contribution in [0.3, 0.4) is 0 Å². The second-order valence-electron chi connectivity index (χ2n) is 7.66. The molecular formula is C18H23ClN2O3. The molecule has 130 valence electrons. The summed E-state index contributed by atoms with van der Waals surface area (Å²) in [7, 11) is 0. The smallest absolute Gasteiger partial charge is 0.320 e. The summed E-state index contributed by atoms with van der Waals surface area (Å²) in [6.07, 6.45) is 1.40. The Bertz CT molecular complexity index is 668. The molecule has 1 aromatic carbocycles. The first kappa shape index (κ1) is 17.2. The number of nitrogens with one attached hydrogen (secondary N) is 1. The zero-order chi connectivity index (χ0) is 17.7. The molecule has 1 aliphatic heterocycles. The molecule has 24 heavy (non-hydrogen) atoms. The second-order valence-corrected chi connectivity index (χ2v) is 8.10. The van der Waals surface area contributed by atoms with Gasteiger partial charge < -0.3 is 10.4 Å². The van der Waals surface area contributed by atoms with E-state index in [4.69, 9.17) is 11.6 Å². The third-order valence-corrected chi connectivity index (χ3v) is 5.17. The summed E-state index contributed by atoms with van der Waals surface area (Å²) >= 11 is 5.94. The minimum absolute atomic E-state index is 0.0158. The zero-order valence-corrected chi connectivity index (χ0v) is 14.9. The third-order valence-electron chi connectivity index (χ3n) is 4.92. The molecular weight excluding hydrogens is 328 g/mol. The van der Waals surface area contributed by atoms with Crippen LogP contribution >= 0.6 is 11.6 Å². The molecule has 1 heterocycles. The van der Waals surface area contributed by atoms with E-state index in [1.807, 2.05) is 20.8 Å². The maximum atomic E-state index is 12.8. The van der Waals surface area contributed by atoms with Crippen LogP contribution in [-0.4, -0.2) is 33.1 Å². The summed E-state index contributed by atoms with van der Waals surface area (Å²) in [5.74, 6) is -0.706. The van der Waals surface area contributed by atoms with Crippen LogP contribution in [0.15, 0.2) is 24.3 Å². The van der Waals surface area contributed by atoms with Gasteiger partial charge in [-0.25, -0.2) is 4.79 Å². The van der Waals surface area contributed by atoms with Crippen molar-refractivity contribution in [2.75, 3.05) is 0 Å². The van der Waals surface area contributed by atoms with Crippen molar-refractivity contribution in [1.29, 1.82) is 0 Å². The van der Waals surface area contributed by atoms with Gasteiger partial charge in [0.2, 0.25) is 0 Å². The van der Waals surface area contributed by atoms with Gasteiger partial charge in [-0.15, -0.1) is 0 Å². The standard InChI is InChI=1S/C18H23ClN2O3/c1-17(2,3)21-16(23)20-15(11-6-8-12(19)9-7-11)14-13(22)5-4-10-18(14,21)24/h6-9,14-15,24H,4-5,10H2,1-3H3,(H,20,23). The van der Waals surface area contributed by atoms with E-state index in [9.17, 15) is 14.7 Å². The fourth-order valence-corrected chi connectivity index (χ4v) is 4.21. The van der Waals surface area contributed by atoms with Crippen LogP contribution in [0.4, 0.5) is 4.79 Å². The number of ketones is 1. The maximum absolute atomic E-state index is 12.8. The van der Waals surface area contributed by atoms with Crippen LogP contribution in [0.5, 0.6) is 0 Å². The topological polar surface area (TPSA) is 69.6 Å². The second kappa shape index (κ2) is 5.74. The summed E-state index contributed by atoms with van der Waals surface area (Å²) in [6, 6.07) is 6.14. The molecule has 3 unspecified atom stereocenters. The summed E-state index contributed by atoms with van der Waals surface area (Å²) in [5.41, 5.74) is -1.29. The number of carbonyl (C=O) groups excluding carboxylic acids is 2. The average molecular weight is 351 g/mol. The Balaban J connectivity index is 2.09. The predicted octanol–water partition coefficient (Wildman–Crippen LogP) is 3.26. The SMILES string of the molecule is CC(C)(C)N1C(=O)NC(c2ccc(Cl)cc2)C2C(=O)CCCC21O. The quantitative estimate of drug-likeness (QED) is 0.816. The highest BCUT2D eigenvalue weighted by molar-refractivity contribution is 6.30. The number of hydrogen-bond donors (Lipinski definition) is 2. The maximum Gasteiger partial charge on any atom is 0.320 e. The van der Waals surface area contributed by atoms with Crippen molar-refractivity contribution < 1.29 is 14.7 Å². The van der Waals surface area contributed by atoms with E-state index in [2.05, 4.69) is 5.32 Å². The summed E-state index contributed by atoms with van der Waals surface area (Å²) in [6.45, 7) is 5.59. The summed E-state index contributed by atoms with van der Waals surface area (Å²) < 4.78 is 0. The molecule has 2 aliphatic rings. The molecule has 5 nitrogen and oxygen atoms in total. The molecule has 3 rings (SSSR count). The number of hydrogen-bond acceptors (Lipinski definition) is 3. The Morgan fingerprint density at radius 1 is 1.25 bits per heavy atom. The average Bonchev–Trinajstić information content (AvgIpc) is 2.44. The lowest BCUT2D eigenvalue weighted by atomic mass is 9.70. The summed E-state index contributed by atoms with van der Waals surface area (Å²) in [4.78, 5) is 26.9. The first-order chi connectivity index (χ1) is 11.1. The predicted molar refractivity (Wildman–Crippen MR) is 91.6 cm³/mol. The Labute approximate surface area is 147 Å². The molecule has 1 saturated carbocycles. The molecule has 6 heteroatoms. The van der Waals surface area contributed by atoms with Crippen molar-refractivity contribution in [1.82, 2.24) is 10.2 Å². The normalized spacial score (nSPS) is 30.8. The van der Waals surface area contributed by atoms with Crippen molar-refractivity contribution in [2.45, 2.75) is 57.3 Å². The lowest BCUT2D eigenvalue weighted by Gasteiger charge is -2.57. The van der Waals surface area contributed by atoms with Crippen molar-refractivity contribution in [3.05, 3.63) is 34.9 Å². The Hall–Kier alpha value is -1.59. The molecule has 2 fully saturated rings. The molecule has 2 amide bonds. The van der Waals surface area contributed by atoms with E-state index in [0.29, 0.717) is 24.3 Å². The number of carbonyl (C=O) groups is 2. The van der Waals surface area contributed by atoms with Crippen LogP contribution in [0.25, 0.3) is 0 Å². The minimum Gasteiger partial charge on any atom is -0.370 e. The van der Waals surface area contributed by atoms with Gasteiger partial charge in [-0.2, -0.15) is 0 Å². The largest absolute Gasteiger partial charge is 0.370 e. The van der Waals surface area contributed by atoms with E-state index in [1.54, 1.807) is 24.3 Å². The van der Waals surface area contributed by atoms with Gasteiger partial charge in [-0.3, -0.25) is 9.69 Å². The minimum atomic E-state index is -1.47. The first-order valence-corrected chi connectivity index (χ1v) is 8.64. The molecule has 0 spiro atoms. The van der Waals surface area contributed by atoms with Gasteiger partial charge in [-0.05, 0) is 51.3 Å². The van der Waals surface area contributed by atoms with Gasteiger partial charge in [0.1, 0.15) is 5.78 Å². The van der Waals surface area contributed by atoms with Gasteiger partial charge in [0.25, 0.3) is 0 Å². The Kier molecular flexibility index (Phi) is 4.12. The highest BCUT2D eigenvalue weighted by atomic mass is 35.5. The lowest BCUT2D eigenvalue weighted by Crippen LogP contribution is -2.73. The van der Waals surface area contributed by atoms with E-state index in [0.717, 1.165) is 5.56 Å². The molecule has 3 atom stereocenters.